The lowest BCUT2D eigenvalue weighted by atomic mass is 9.87. The number of ether oxygens (including phenoxy) is 2. The molecule has 0 bridgehead atoms. The summed E-state index contributed by atoms with van der Waals surface area (Å²) in [5.41, 5.74) is 0.351. The van der Waals surface area contributed by atoms with Crippen LogP contribution in [0.3, 0.4) is 0 Å². The van der Waals surface area contributed by atoms with E-state index in [1.165, 1.54) is 13.4 Å². The van der Waals surface area contributed by atoms with Gasteiger partial charge in [-0.3, -0.25) is 5.32 Å². The predicted molar refractivity (Wildman–Crippen MR) is 110 cm³/mol. The molecule has 7 heteroatoms. The molecule has 0 saturated heterocycles. The Morgan fingerprint density at radius 1 is 1.03 bits per heavy atom. The number of benzene rings is 2. The van der Waals surface area contributed by atoms with Gasteiger partial charge in [0.2, 0.25) is 5.54 Å². The number of aromatic amines is 1. The minimum Gasteiger partial charge on any atom is -0.466 e. The maximum absolute atomic E-state index is 13.6. The average molecular weight is 404 g/mol. The van der Waals surface area contributed by atoms with Gasteiger partial charge in [-0.15, -0.1) is 0 Å². The fourth-order valence-corrected chi connectivity index (χ4v) is 3.43. The quantitative estimate of drug-likeness (QED) is 0.472. The molecule has 30 heavy (non-hydrogen) atoms. The Balaban J connectivity index is 1.84. The van der Waals surface area contributed by atoms with Crippen LogP contribution < -0.4 is 5.32 Å². The number of carbonyl (C=O) groups is 2. The highest BCUT2D eigenvalue weighted by Gasteiger charge is 2.50. The van der Waals surface area contributed by atoms with Gasteiger partial charge in [0.25, 0.3) is 0 Å². The van der Waals surface area contributed by atoms with Gasteiger partial charge in [0.1, 0.15) is 12.4 Å². The number of H-pyrrole nitrogens is 1. The van der Waals surface area contributed by atoms with Crippen LogP contribution in [0, 0.1) is 0 Å². The molecule has 0 saturated carbocycles. The van der Waals surface area contributed by atoms with Crippen LogP contribution in [0.25, 0.3) is 10.9 Å². The smallest absolute Gasteiger partial charge is 0.408 e. The summed E-state index contributed by atoms with van der Waals surface area (Å²) in [5, 5.41) is 3.40. The first-order valence-electron chi connectivity index (χ1n) is 9.33. The summed E-state index contributed by atoms with van der Waals surface area (Å²) in [5.74, 6) is -0.493. The van der Waals surface area contributed by atoms with E-state index in [4.69, 9.17) is 13.9 Å². The van der Waals surface area contributed by atoms with Gasteiger partial charge in [0.15, 0.2) is 0 Å². The topological polar surface area (TPSA) is 93.6 Å². The Kier molecular flexibility index (Phi) is 5.26. The standard InChI is InChI=1S/C23H20N2O5/c1-28-22(27)25-23(20-12-7-13-29-20,18-14-24-19-11-6-5-10-17(18)19)21(26)30-15-16-8-3-2-4-9-16/h2-14,24H,15H2,1H3,(H,25,27)/t23-/m1/s1. The number of rotatable bonds is 6. The first-order valence-corrected chi connectivity index (χ1v) is 9.33. The lowest BCUT2D eigenvalue weighted by molar-refractivity contribution is -0.152. The molecular weight excluding hydrogens is 384 g/mol. The van der Waals surface area contributed by atoms with E-state index in [2.05, 4.69) is 10.3 Å². The van der Waals surface area contributed by atoms with Crippen LogP contribution in [0.5, 0.6) is 0 Å². The number of alkyl carbamates (subject to hydrolysis) is 1. The number of carbonyl (C=O) groups excluding carboxylic acids is 2. The van der Waals surface area contributed by atoms with E-state index in [1.807, 2.05) is 54.6 Å². The number of esters is 1. The highest BCUT2D eigenvalue weighted by atomic mass is 16.5. The van der Waals surface area contributed by atoms with Crippen LogP contribution in [0.4, 0.5) is 4.79 Å². The molecule has 0 radical (unpaired) electrons. The van der Waals surface area contributed by atoms with E-state index >= 15 is 0 Å². The fourth-order valence-electron chi connectivity index (χ4n) is 3.43. The Hall–Kier alpha value is -4.00. The molecule has 2 aromatic heterocycles. The first kappa shape index (κ1) is 19.3. The van der Waals surface area contributed by atoms with Crippen LogP contribution >= 0.6 is 0 Å². The summed E-state index contributed by atoms with van der Waals surface area (Å²) in [7, 11) is 1.23. The third-order valence-corrected chi connectivity index (χ3v) is 4.88. The van der Waals surface area contributed by atoms with E-state index in [1.54, 1.807) is 18.3 Å². The number of hydrogen-bond acceptors (Lipinski definition) is 5. The minimum atomic E-state index is -1.75. The second-order valence-electron chi connectivity index (χ2n) is 6.65. The van der Waals surface area contributed by atoms with E-state index in [0.29, 0.717) is 5.56 Å². The summed E-state index contributed by atoms with van der Waals surface area (Å²) < 4.78 is 16.1. The Morgan fingerprint density at radius 2 is 1.80 bits per heavy atom. The van der Waals surface area contributed by atoms with E-state index < -0.39 is 17.6 Å². The molecule has 152 valence electrons. The van der Waals surface area contributed by atoms with Gasteiger partial charge in [-0.25, -0.2) is 9.59 Å². The van der Waals surface area contributed by atoms with E-state index in [0.717, 1.165) is 16.5 Å². The molecule has 2 aromatic carbocycles. The molecule has 1 amide bonds. The molecule has 7 nitrogen and oxygen atoms in total. The molecule has 1 atom stereocenters. The highest BCUT2D eigenvalue weighted by molar-refractivity contribution is 5.97. The number of furan rings is 1. The third-order valence-electron chi connectivity index (χ3n) is 4.88. The van der Waals surface area contributed by atoms with Crippen molar-refractivity contribution in [1.82, 2.24) is 10.3 Å². The molecular formula is C23H20N2O5. The van der Waals surface area contributed by atoms with E-state index in [9.17, 15) is 9.59 Å². The number of nitrogens with one attached hydrogen (secondary N) is 2. The van der Waals surface area contributed by atoms with Crippen molar-refractivity contribution in [1.29, 1.82) is 0 Å². The lowest BCUT2D eigenvalue weighted by Gasteiger charge is -2.30. The normalized spacial score (nSPS) is 12.8. The van der Waals surface area contributed by atoms with Gasteiger partial charge in [-0.2, -0.15) is 0 Å². The SMILES string of the molecule is COC(=O)N[C@@](C(=O)OCc1ccccc1)(c1ccco1)c1c[nH]c2ccccc12. The van der Waals surface area contributed by atoms with Crippen molar-refractivity contribution in [3.8, 4) is 0 Å². The second-order valence-corrected chi connectivity index (χ2v) is 6.65. The van der Waals surface area contributed by atoms with Crippen LogP contribution in [-0.4, -0.2) is 24.2 Å². The summed E-state index contributed by atoms with van der Waals surface area (Å²) in [6.45, 7) is 0.0351. The van der Waals surface area contributed by atoms with Crippen molar-refractivity contribution in [2.75, 3.05) is 7.11 Å². The van der Waals surface area contributed by atoms with Crippen LogP contribution in [0.1, 0.15) is 16.9 Å². The summed E-state index contributed by atoms with van der Waals surface area (Å²) in [6.07, 6.45) is 2.29. The van der Waals surface area contributed by atoms with Crippen molar-refractivity contribution < 1.29 is 23.5 Å². The maximum atomic E-state index is 13.6. The van der Waals surface area contributed by atoms with Gasteiger partial charge in [0, 0.05) is 22.7 Å². The van der Waals surface area contributed by atoms with E-state index in [-0.39, 0.29) is 12.4 Å². The molecule has 0 unspecified atom stereocenters. The first-order chi connectivity index (χ1) is 14.6. The molecule has 4 rings (SSSR count). The number of fused-ring (bicyclic) bond motifs is 1. The largest absolute Gasteiger partial charge is 0.466 e. The van der Waals surface area contributed by atoms with Gasteiger partial charge in [-0.1, -0.05) is 48.5 Å². The van der Waals surface area contributed by atoms with Gasteiger partial charge in [-0.05, 0) is 23.8 Å². The molecule has 2 heterocycles. The van der Waals surface area contributed by atoms with Crippen molar-refractivity contribution in [3.05, 3.63) is 96.1 Å². The Labute approximate surface area is 172 Å². The zero-order valence-electron chi connectivity index (χ0n) is 16.3. The second kappa shape index (κ2) is 8.16. The number of methoxy groups -OCH3 is 1. The average Bonchev–Trinajstić information content (AvgIpc) is 3.47. The Bertz CT molecular complexity index is 1150. The number of aromatic nitrogens is 1. The summed E-state index contributed by atoms with van der Waals surface area (Å²) in [6, 6.07) is 20.0. The number of hydrogen-bond donors (Lipinski definition) is 2. The summed E-state index contributed by atoms with van der Waals surface area (Å²) in [4.78, 5) is 29.0. The summed E-state index contributed by atoms with van der Waals surface area (Å²) >= 11 is 0. The highest BCUT2D eigenvalue weighted by Crippen LogP contribution is 2.36. The maximum Gasteiger partial charge on any atom is 0.408 e. The zero-order valence-corrected chi connectivity index (χ0v) is 16.3. The van der Waals surface area contributed by atoms with Crippen LogP contribution in [0.2, 0.25) is 0 Å². The van der Waals surface area contributed by atoms with Gasteiger partial charge in [0.05, 0.1) is 13.4 Å². The molecule has 2 N–H and O–H groups in total. The van der Waals surface area contributed by atoms with Gasteiger partial charge < -0.3 is 18.9 Å². The van der Waals surface area contributed by atoms with Crippen molar-refractivity contribution in [2.24, 2.45) is 0 Å². The predicted octanol–water partition coefficient (Wildman–Crippen LogP) is 4.10. The minimum absolute atomic E-state index is 0.0351. The lowest BCUT2D eigenvalue weighted by Crippen LogP contribution is -2.53. The molecule has 4 aromatic rings. The Morgan fingerprint density at radius 3 is 2.53 bits per heavy atom. The number of para-hydroxylation sites is 1. The van der Waals surface area contributed by atoms with Gasteiger partial charge >= 0.3 is 12.1 Å². The van der Waals surface area contributed by atoms with Crippen molar-refractivity contribution >= 4 is 23.0 Å². The molecule has 0 aliphatic rings. The monoisotopic (exact) mass is 404 g/mol. The molecule has 0 fully saturated rings. The molecule has 0 aliphatic carbocycles. The zero-order chi connectivity index (χ0) is 21.0. The molecule has 0 aliphatic heterocycles. The number of amides is 1. The fraction of sp³-hybridized carbons (Fsp3) is 0.130. The van der Waals surface area contributed by atoms with Crippen LogP contribution in [0.15, 0.2) is 83.6 Å². The molecule has 0 spiro atoms. The van der Waals surface area contributed by atoms with Crippen molar-refractivity contribution in [2.45, 2.75) is 12.1 Å². The van der Waals surface area contributed by atoms with Crippen molar-refractivity contribution in [3.63, 3.8) is 0 Å². The van der Waals surface area contributed by atoms with Crippen LogP contribution in [-0.2, 0) is 26.4 Å². The third kappa shape index (κ3) is 3.41.